The first-order valence-corrected chi connectivity index (χ1v) is 11.4. The molecule has 8 heteroatoms. The molecule has 1 amide bonds. The fourth-order valence-electron chi connectivity index (χ4n) is 3.72. The number of hydrogen-bond acceptors (Lipinski definition) is 5. The number of furan rings is 1. The Bertz CT molecular complexity index is 1160. The number of carbonyl (C=O) groups is 1. The maximum Gasteiger partial charge on any atom is 0.289 e. The van der Waals surface area contributed by atoms with E-state index in [-0.39, 0.29) is 24.7 Å². The van der Waals surface area contributed by atoms with E-state index < -0.39 is 10.0 Å². The molecule has 158 valence electrons. The van der Waals surface area contributed by atoms with E-state index in [1.165, 1.54) is 4.31 Å². The number of hydrogen-bond donors (Lipinski definition) is 0. The van der Waals surface area contributed by atoms with E-state index in [9.17, 15) is 13.2 Å². The third kappa shape index (κ3) is 3.93. The largest absolute Gasteiger partial charge is 0.497 e. The summed E-state index contributed by atoms with van der Waals surface area (Å²) < 4.78 is 38.0. The Morgan fingerprint density at radius 3 is 2.43 bits per heavy atom. The Labute approximate surface area is 175 Å². The highest BCUT2D eigenvalue weighted by molar-refractivity contribution is 7.88. The van der Waals surface area contributed by atoms with E-state index in [0.29, 0.717) is 30.2 Å². The van der Waals surface area contributed by atoms with Crippen molar-refractivity contribution >= 4 is 26.9 Å². The van der Waals surface area contributed by atoms with Crippen molar-refractivity contribution in [2.24, 2.45) is 0 Å². The molecule has 0 atom stereocenters. The van der Waals surface area contributed by atoms with Crippen molar-refractivity contribution in [3.63, 3.8) is 0 Å². The second-order valence-electron chi connectivity index (χ2n) is 7.35. The first-order valence-electron chi connectivity index (χ1n) is 9.77. The van der Waals surface area contributed by atoms with Gasteiger partial charge in [-0.05, 0) is 30.7 Å². The quantitative estimate of drug-likeness (QED) is 0.624. The summed E-state index contributed by atoms with van der Waals surface area (Å²) in [7, 11) is -1.84. The predicted octanol–water partition coefficient (Wildman–Crippen LogP) is 3.04. The van der Waals surface area contributed by atoms with Crippen LogP contribution in [0.2, 0.25) is 0 Å². The van der Waals surface area contributed by atoms with Gasteiger partial charge in [0.1, 0.15) is 11.3 Å². The third-order valence-corrected chi connectivity index (χ3v) is 7.30. The molecule has 0 N–H and O–H groups in total. The van der Waals surface area contributed by atoms with E-state index in [1.807, 2.05) is 31.2 Å². The van der Waals surface area contributed by atoms with Crippen LogP contribution in [0.5, 0.6) is 5.75 Å². The van der Waals surface area contributed by atoms with Gasteiger partial charge in [0, 0.05) is 37.1 Å². The lowest BCUT2D eigenvalue weighted by molar-refractivity contribution is 0.0667. The number of ether oxygens (including phenoxy) is 1. The van der Waals surface area contributed by atoms with Crippen molar-refractivity contribution in [2.45, 2.75) is 12.7 Å². The molecule has 0 aliphatic carbocycles. The second kappa shape index (κ2) is 8.12. The van der Waals surface area contributed by atoms with Crippen LogP contribution in [-0.2, 0) is 15.8 Å². The SMILES string of the molecule is COc1ccc2oc(C(=O)N3CCN(S(=O)(=O)Cc4ccccc4)CC3)c(C)c2c1. The summed E-state index contributed by atoms with van der Waals surface area (Å²) in [4.78, 5) is 14.7. The van der Waals surface area contributed by atoms with E-state index in [2.05, 4.69) is 0 Å². The molecule has 30 heavy (non-hydrogen) atoms. The molecule has 1 aliphatic heterocycles. The fraction of sp³-hybridized carbons (Fsp3) is 0.318. The highest BCUT2D eigenvalue weighted by Crippen LogP contribution is 2.29. The van der Waals surface area contributed by atoms with Crippen molar-refractivity contribution in [2.75, 3.05) is 33.3 Å². The summed E-state index contributed by atoms with van der Waals surface area (Å²) in [6.45, 7) is 3.04. The van der Waals surface area contributed by atoms with Crippen LogP contribution in [0.25, 0.3) is 11.0 Å². The van der Waals surface area contributed by atoms with Gasteiger partial charge in [-0.3, -0.25) is 4.79 Å². The summed E-state index contributed by atoms with van der Waals surface area (Å²) in [6, 6.07) is 14.5. The van der Waals surface area contributed by atoms with E-state index >= 15 is 0 Å². The Morgan fingerprint density at radius 1 is 1.07 bits per heavy atom. The molecule has 2 aromatic carbocycles. The van der Waals surface area contributed by atoms with Gasteiger partial charge in [-0.25, -0.2) is 8.42 Å². The lowest BCUT2D eigenvalue weighted by Gasteiger charge is -2.33. The number of aryl methyl sites for hydroxylation is 1. The van der Waals surface area contributed by atoms with Crippen LogP contribution in [0.3, 0.4) is 0 Å². The average molecular weight is 429 g/mol. The molecule has 1 aliphatic rings. The van der Waals surface area contributed by atoms with Gasteiger partial charge in [-0.15, -0.1) is 0 Å². The van der Waals surface area contributed by atoms with Crippen LogP contribution in [0.4, 0.5) is 0 Å². The van der Waals surface area contributed by atoms with E-state index in [1.54, 1.807) is 36.3 Å². The smallest absolute Gasteiger partial charge is 0.289 e. The van der Waals surface area contributed by atoms with Crippen LogP contribution < -0.4 is 4.74 Å². The predicted molar refractivity (Wildman–Crippen MR) is 114 cm³/mol. The summed E-state index contributed by atoms with van der Waals surface area (Å²) in [5, 5.41) is 0.835. The van der Waals surface area contributed by atoms with Crippen LogP contribution in [0, 0.1) is 6.92 Å². The van der Waals surface area contributed by atoms with Crippen molar-refractivity contribution in [3.8, 4) is 5.75 Å². The standard InChI is InChI=1S/C22H24N2O5S/c1-16-19-14-18(28-2)8-9-20(19)29-21(16)22(25)23-10-12-24(13-11-23)30(26,27)15-17-6-4-3-5-7-17/h3-9,14H,10-13,15H2,1-2H3. The molecule has 0 radical (unpaired) electrons. The molecule has 1 aromatic heterocycles. The summed E-state index contributed by atoms with van der Waals surface area (Å²) in [5.74, 6) is 0.732. The van der Waals surface area contributed by atoms with Crippen molar-refractivity contribution in [1.29, 1.82) is 0 Å². The van der Waals surface area contributed by atoms with Crippen molar-refractivity contribution in [1.82, 2.24) is 9.21 Å². The van der Waals surface area contributed by atoms with Gasteiger partial charge in [0.25, 0.3) is 5.91 Å². The molecule has 3 aromatic rings. The van der Waals surface area contributed by atoms with Crippen LogP contribution in [0.15, 0.2) is 52.9 Å². The number of rotatable bonds is 5. The zero-order valence-electron chi connectivity index (χ0n) is 17.0. The van der Waals surface area contributed by atoms with Crippen molar-refractivity contribution in [3.05, 3.63) is 65.4 Å². The third-order valence-electron chi connectivity index (χ3n) is 5.45. The Kier molecular flexibility index (Phi) is 5.53. The molecule has 0 saturated carbocycles. The highest BCUT2D eigenvalue weighted by atomic mass is 32.2. The Morgan fingerprint density at radius 2 is 1.77 bits per heavy atom. The lowest BCUT2D eigenvalue weighted by atomic mass is 10.1. The molecule has 1 saturated heterocycles. The van der Waals surface area contributed by atoms with Gasteiger partial charge in [0.05, 0.1) is 12.9 Å². The molecule has 7 nitrogen and oxygen atoms in total. The van der Waals surface area contributed by atoms with Gasteiger partial charge in [-0.1, -0.05) is 30.3 Å². The van der Waals surface area contributed by atoms with Gasteiger partial charge in [-0.2, -0.15) is 4.31 Å². The minimum atomic E-state index is -3.43. The average Bonchev–Trinajstić information content (AvgIpc) is 3.09. The maximum atomic E-state index is 13.0. The number of piperazine rings is 1. The normalized spacial score (nSPS) is 15.5. The Hall–Kier alpha value is -2.84. The van der Waals surface area contributed by atoms with Gasteiger partial charge in [0.15, 0.2) is 5.76 Å². The minimum Gasteiger partial charge on any atom is -0.497 e. The molecule has 0 spiro atoms. The molecule has 2 heterocycles. The zero-order valence-corrected chi connectivity index (χ0v) is 17.8. The molecule has 0 bridgehead atoms. The van der Waals surface area contributed by atoms with Crippen LogP contribution >= 0.6 is 0 Å². The molecule has 1 fully saturated rings. The number of amides is 1. The molecular formula is C22H24N2O5S. The first-order chi connectivity index (χ1) is 14.4. The Balaban J connectivity index is 1.46. The summed E-state index contributed by atoms with van der Waals surface area (Å²) >= 11 is 0. The number of benzene rings is 2. The maximum absolute atomic E-state index is 13.0. The van der Waals surface area contributed by atoms with Gasteiger partial charge < -0.3 is 14.1 Å². The fourth-order valence-corrected chi connectivity index (χ4v) is 5.24. The summed E-state index contributed by atoms with van der Waals surface area (Å²) in [5.41, 5.74) is 2.14. The molecular weight excluding hydrogens is 404 g/mol. The summed E-state index contributed by atoms with van der Waals surface area (Å²) in [6.07, 6.45) is 0. The minimum absolute atomic E-state index is 0.0354. The first kappa shape index (κ1) is 20.4. The molecule has 4 rings (SSSR count). The lowest BCUT2D eigenvalue weighted by Crippen LogP contribution is -2.50. The number of nitrogens with zero attached hydrogens (tertiary/aromatic N) is 2. The number of carbonyl (C=O) groups excluding carboxylic acids is 1. The second-order valence-corrected chi connectivity index (χ2v) is 9.32. The van der Waals surface area contributed by atoms with E-state index in [0.717, 1.165) is 16.5 Å². The van der Waals surface area contributed by atoms with Crippen LogP contribution in [0.1, 0.15) is 21.7 Å². The molecule has 0 unspecified atom stereocenters. The number of fused-ring (bicyclic) bond motifs is 1. The van der Waals surface area contributed by atoms with Gasteiger partial charge in [0.2, 0.25) is 10.0 Å². The monoisotopic (exact) mass is 428 g/mol. The van der Waals surface area contributed by atoms with Crippen LogP contribution in [-0.4, -0.2) is 56.8 Å². The zero-order chi connectivity index (χ0) is 21.3. The number of methoxy groups -OCH3 is 1. The topological polar surface area (TPSA) is 80.1 Å². The van der Waals surface area contributed by atoms with E-state index in [4.69, 9.17) is 9.15 Å². The van der Waals surface area contributed by atoms with Crippen molar-refractivity contribution < 1.29 is 22.4 Å². The highest BCUT2D eigenvalue weighted by Gasteiger charge is 2.31. The number of sulfonamides is 1. The van der Waals surface area contributed by atoms with Gasteiger partial charge >= 0.3 is 0 Å².